The van der Waals surface area contributed by atoms with Gasteiger partial charge in [-0.2, -0.15) is 0 Å². The molecule has 1 N–H and O–H groups in total. The van der Waals surface area contributed by atoms with Gasteiger partial charge < -0.3 is 9.15 Å². The molecule has 0 unspecified atom stereocenters. The molecule has 0 aliphatic rings. The number of nitrogens with one attached hydrogen (secondary N) is 1. The molecule has 1 aromatic carbocycles. The summed E-state index contributed by atoms with van der Waals surface area (Å²) < 4.78 is 38.1. The average molecular weight is 323 g/mol. The predicted molar refractivity (Wildman–Crippen MR) is 84.6 cm³/mol. The summed E-state index contributed by atoms with van der Waals surface area (Å²) in [5.74, 6) is 1.44. The molecule has 0 spiro atoms. The fourth-order valence-corrected chi connectivity index (χ4v) is 3.50. The molecule has 0 bridgehead atoms. The maximum absolute atomic E-state index is 12.5. The molecule has 0 aliphatic heterocycles. The van der Waals surface area contributed by atoms with E-state index in [9.17, 15) is 8.42 Å². The van der Waals surface area contributed by atoms with E-state index in [1.165, 1.54) is 6.26 Å². The normalized spacial score (nSPS) is 11.9. The van der Waals surface area contributed by atoms with Gasteiger partial charge in [0.2, 0.25) is 10.0 Å². The van der Waals surface area contributed by atoms with Crippen molar-refractivity contribution in [2.45, 2.75) is 38.1 Å². The van der Waals surface area contributed by atoms with Crippen molar-refractivity contribution in [3.05, 3.63) is 47.4 Å². The van der Waals surface area contributed by atoms with Gasteiger partial charge in [-0.15, -0.1) is 0 Å². The number of rotatable bonds is 6. The molecule has 2 rings (SSSR count). The SMILES string of the molecule is COc1cc(C)c(S(=O)(=O)NCc2ccco2)cc1C(C)C. The minimum atomic E-state index is -3.61. The van der Waals surface area contributed by atoms with Crippen LogP contribution in [0.1, 0.15) is 36.7 Å². The second-order valence-electron chi connectivity index (χ2n) is 5.42. The van der Waals surface area contributed by atoms with Crippen LogP contribution in [0.2, 0.25) is 0 Å². The van der Waals surface area contributed by atoms with Crippen molar-refractivity contribution in [1.82, 2.24) is 4.72 Å². The van der Waals surface area contributed by atoms with E-state index in [0.29, 0.717) is 17.1 Å². The van der Waals surface area contributed by atoms with Crippen LogP contribution in [0.25, 0.3) is 0 Å². The summed E-state index contributed by atoms with van der Waals surface area (Å²) in [5, 5.41) is 0. The number of aryl methyl sites for hydroxylation is 1. The summed E-state index contributed by atoms with van der Waals surface area (Å²) >= 11 is 0. The Morgan fingerprint density at radius 1 is 1.32 bits per heavy atom. The lowest BCUT2D eigenvalue weighted by Crippen LogP contribution is -2.24. The zero-order valence-corrected chi connectivity index (χ0v) is 14.0. The van der Waals surface area contributed by atoms with E-state index in [-0.39, 0.29) is 17.4 Å². The highest BCUT2D eigenvalue weighted by atomic mass is 32.2. The van der Waals surface area contributed by atoms with E-state index < -0.39 is 10.0 Å². The van der Waals surface area contributed by atoms with E-state index in [1.54, 1.807) is 38.3 Å². The van der Waals surface area contributed by atoms with Crippen molar-refractivity contribution in [3.63, 3.8) is 0 Å². The largest absolute Gasteiger partial charge is 0.496 e. The summed E-state index contributed by atoms with van der Waals surface area (Å²) in [6.07, 6.45) is 1.51. The van der Waals surface area contributed by atoms with Crippen molar-refractivity contribution >= 4 is 10.0 Å². The van der Waals surface area contributed by atoms with Crippen molar-refractivity contribution < 1.29 is 17.6 Å². The van der Waals surface area contributed by atoms with E-state index in [2.05, 4.69) is 4.72 Å². The highest BCUT2D eigenvalue weighted by molar-refractivity contribution is 7.89. The summed E-state index contributed by atoms with van der Waals surface area (Å²) in [6, 6.07) is 6.89. The molecule has 0 radical (unpaired) electrons. The maximum atomic E-state index is 12.5. The van der Waals surface area contributed by atoms with Crippen LogP contribution in [0.15, 0.2) is 39.8 Å². The topological polar surface area (TPSA) is 68.5 Å². The highest BCUT2D eigenvalue weighted by Crippen LogP contribution is 2.31. The molecule has 0 atom stereocenters. The first-order valence-corrected chi connectivity index (χ1v) is 8.54. The Morgan fingerprint density at radius 3 is 2.59 bits per heavy atom. The molecule has 1 heterocycles. The van der Waals surface area contributed by atoms with Gasteiger partial charge in [0.05, 0.1) is 24.8 Å². The van der Waals surface area contributed by atoms with Crippen LogP contribution in [0.3, 0.4) is 0 Å². The molecule has 6 heteroatoms. The number of methoxy groups -OCH3 is 1. The Labute approximate surface area is 131 Å². The minimum absolute atomic E-state index is 0.123. The van der Waals surface area contributed by atoms with Crippen LogP contribution in [0.4, 0.5) is 0 Å². The Morgan fingerprint density at radius 2 is 2.05 bits per heavy atom. The van der Waals surface area contributed by atoms with Crippen molar-refractivity contribution in [2.75, 3.05) is 7.11 Å². The lowest BCUT2D eigenvalue weighted by Gasteiger charge is -2.16. The van der Waals surface area contributed by atoms with Crippen LogP contribution in [-0.4, -0.2) is 15.5 Å². The Balaban J connectivity index is 2.35. The van der Waals surface area contributed by atoms with Gasteiger partial charge in [0, 0.05) is 0 Å². The van der Waals surface area contributed by atoms with Crippen LogP contribution < -0.4 is 9.46 Å². The van der Waals surface area contributed by atoms with Gasteiger partial charge in [-0.25, -0.2) is 13.1 Å². The average Bonchev–Trinajstić information content (AvgIpc) is 2.97. The molecule has 0 saturated heterocycles. The molecular weight excluding hydrogens is 302 g/mol. The van der Waals surface area contributed by atoms with Crippen molar-refractivity contribution in [2.24, 2.45) is 0 Å². The third kappa shape index (κ3) is 3.51. The summed E-state index contributed by atoms with van der Waals surface area (Å²) in [4.78, 5) is 0.267. The Kier molecular flexibility index (Phi) is 4.93. The van der Waals surface area contributed by atoms with Crippen molar-refractivity contribution in [1.29, 1.82) is 0 Å². The molecule has 1 aromatic heterocycles. The maximum Gasteiger partial charge on any atom is 0.241 e. The molecule has 5 nitrogen and oxygen atoms in total. The van der Waals surface area contributed by atoms with Crippen LogP contribution in [0.5, 0.6) is 5.75 Å². The summed E-state index contributed by atoms with van der Waals surface area (Å²) in [6.45, 7) is 5.88. The molecule has 0 amide bonds. The molecule has 0 saturated carbocycles. The summed E-state index contributed by atoms with van der Waals surface area (Å²) in [7, 11) is -2.03. The number of ether oxygens (including phenoxy) is 1. The van der Waals surface area contributed by atoms with E-state index in [4.69, 9.17) is 9.15 Å². The lowest BCUT2D eigenvalue weighted by molar-refractivity contribution is 0.406. The standard InChI is InChI=1S/C16H21NO4S/c1-11(2)14-9-16(12(3)8-15(14)20-4)22(18,19)17-10-13-6-5-7-21-13/h5-9,11,17H,10H2,1-4H3. The zero-order chi connectivity index (χ0) is 16.3. The third-order valence-electron chi connectivity index (χ3n) is 3.46. The molecule has 0 aliphatic carbocycles. The molecular formula is C16H21NO4S. The third-order valence-corrected chi connectivity index (χ3v) is 5.00. The minimum Gasteiger partial charge on any atom is -0.496 e. The van der Waals surface area contributed by atoms with Gasteiger partial charge in [0.15, 0.2) is 0 Å². The van der Waals surface area contributed by atoms with Gasteiger partial charge in [0.25, 0.3) is 0 Å². The number of benzene rings is 1. The number of furan rings is 1. The van der Waals surface area contributed by atoms with E-state index in [0.717, 1.165) is 5.56 Å². The van der Waals surface area contributed by atoms with E-state index >= 15 is 0 Å². The van der Waals surface area contributed by atoms with Gasteiger partial charge in [0.1, 0.15) is 11.5 Å². The molecule has 120 valence electrons. The fraction of sp³-hybridized carbons (Fsp3) is 0.375. The second kappa shape index (κ2) is 6.54. The van der Waals surface area contributed by atoms with E-state index in [1.807, 2.05) is 13.8 Å². The fourth-order valence-electron chi connectivity index (χ4n) is 2.25. The van der Waals surface area contributed by atoms with Crippen LogP contribution >= 0.6 is 0 Å². The smallest absolute Gasteiger partial charge is 0.241 e. The predicted octanol–water partition coefficient (Wildman–Crippen LogP) is 3.20. The zero-order valence-electron chi connectivity index (χ0n) is 13.2. The Hall–Kier alpha value is -1.79. The first-order chi connectivity index (χ1) is 10.3. The van der Waals surface area contributed by atoms with Gasteiger partial charge >= 0.3 is 0 Å². The highest BCUT2D eigenvalue weighted by Gasteiger charge is 2.21. The van der Waals surface area contributed by atoms with Crippen LogP contribution in [0, 0.1) is 6.92 Å². The monoisotopic (exact) mass is 323 g/mol. The van der Waals surface area contributed by atoms with Gasteiger partial charge in [-0.3, -0.25) is 0 Å². The molecule has 22 heavy (non-hydrogen) atoms. The first kappa shape index (κ1) is 16.6. The lowest BCUT2D eigenvalue weighted by atomic mass is 10.0. The van der Waals surface area contributed by atoms with Crippen molar-refractivity contribution in [3.8, 4) is 5.75 Å². The molecule has 2 aromatic rings. The number of sulfonamides is 1. The Bertz CT molecular complexity index is 734. The molecule has 0 fully saturated rings. The number of hydrogen-bond acceptors (Lipinski definition) is 4. The second-order valence-corrected chi connectivity index (χ2v) is 7.15. The summed E-state index contributed by atoms with van der Waals surface area (Å²) in [5.41, 5.74) is 1.51. The first-order valence-electron chi connectivity index (χ1n) is 7.05. The van der Waals surface area contributed by atoms with Gasteiger partial charge in [-0.05, 0) is 48.2 Å². The quantitative estimate of drug-likeness (QED) is 0.886. The number of hydrogen-bond donors (Lipinski definition) is 1. The van der Waals surface area contributed by atoms with Gasteiger partial charge in [-0.1, -0.05) is 13.8 Å². The van der Waals surface area contributed by atoms with Crippen LogP contribution in [-0.2, 0) is 16.6 Å².